The molecule has 1 saturated heterocycles. The molecule has 1 atom stereocenters. The van der Waals surface area contributed by atoms with Crippen molar-refractivity contribution >= 4 is 0 Å². The molecule has 2 rings (SSSR count). The molecule has 1 aliphatic heterocycles. The Bertz CT molecular complexity index is 321. The van der Waals surface area contributed by atoms with Gasteiger partial charge in [0.05, 0.1) is 31.3 Å². The first kappa shape index (κ1) is 11.5. The lowest BCUT2D eigenvalue weighted by Gasteiger charge is -2.31. The second kappa shape index (κ2) is 5.40. The number of hydrogen-bond acceptors (Lipinski definition) is 5. The van der Waals surface area contributed by atoms with Gasteiger partial charge in [-0.3, -0.25) is 0 Å². The second-order valence-corrected chi connectivity index (χ2v) is 3.95. The molecule has 90 valence electrons. The summed E-state index contributed by atoms with van der Waals surface area (Å²) in [6.07, 6.45) is 3.64. The molecule has 6 heteroatoms. The van der Waals surface area contributed by atoms with E-state index >= 15 is 0 Å². The van der Waals surface area contributed by atoms with Gasteiger partial charge in [0.1, 0.15) is 0 Å². The molecular weight excluding hydrogens is 206 g/mol. The first-order valence-corrected chi connectivity index (χ1v) is 5.56. The number of nitrogens with zero attached hydrogens (tertiary/aromatic N) is 3. The molecule has 6 nitrogen and oxygen atoms in total. The maximum atomic E-state index is 5.79. The van der Waals surface area contributed by atoms with Gasteiger partial charge in [-0.05, 0) is 0 Å². The molecule has 1 aromatic rings. The Morgan fingerprint density at radius 2 is 2.31 bits per heavy atom. The van der Waals surface area contributed by atoms with Crippen molar-refractivity contribution in [2.45, 2.75) is 6.04 Å². The number of nitrogens with one attached hydrogen (secondary N) is 1. The summed E-state index contributed by atoms with van der Waals surface area (Å²) in [6.45, 7) is 3.89. The first-order chi connectivity index (χ1) is 7.81. The number of hydrazine groups is 1. The molecule has 0 saturated carbocycles. The lowest BCUT2D eigenvalue weighted by Crippen LogP contribution is -2.49. The summed E-state index contributed by atoms with van der Waals surface area (Å²) in [5.41, 5.74) is 10.3. The van der Waals surface area contributed by atoms with Gasteiger partial charge in [-0.1, -0.05) is 0 Å². The zero-order chi connectivity index (χ0) is 11.4. The third-order valence-corrected chi connectivity index (χ3v) is 2.80. The minimum absolute atomic E-state index is 0.116. The standard InChI is InChI=1S/C10H19N5O/c1-14-8-12-7-10(14)9(6-11)13-15-2-4-16-5-3-15/h7-9,13H,2-6,11H2,1H3. The molecule has 1 aliphatic rings. The first-order valence-electron chi connectivity index (χ1n) is 5.56. The molecule has 0 radical (unpaired) electrons. The average Bonchev–Trinajstić information content (AvgIpc) is 2.74. The normalized spacial score (nSPS) is 19.9. The maximum Gasteiger partial charge on any atom is 0.0946 e. The quantitative estimate of drug-likeness (QED) is 0.706. The number of aromatic nitrogens is 2. The molecule has 16 heavy (non-hydrogen) atoms. The summed E-state index contributed by atoms with van der Waals surface area (Å²) in [5, 5.41) is 2.16. The summed E-state index contributed by atoms with van der Waals surface area (Å²) >= 11 is 0. The van der Waals surface area contributed by atoms with Crippen LogP contribution >= 0.6 is 0 Å². The highest BCUT2D eigenvalue weighted by atomic mass is 16.5. The zero-order valence-corrected chi connectivity index (χ0v) is 9.59. The van der Waals surface area contributed by atoms with Crippen LogP contribution in [0.4, 0.5) is 0 Å². The summed E-state index contributed by atoms with van der Waals surface area (Å²) in [5.74, 6) is 0. The van der Waals surface area contributed by atoms with Crippen LogP contribution in [0.5, 0.6) is 0 Å². The van der Waals surface area contributed by atoms with Crippen LogP contribution in [0, 0.1) is 0 Å². The Kier molecular flexibility index (Phi) is 3.89. The minimum atomic E-state index is 0.116. The summed E-state index contributed by atoms with van der Waals surface area (Å²) in [6, 6.07) is 0.116. The van der Waals surface area contributed by atoms with Gasteiger partial charge in [0, 0.05) is 32.9 Å². The Morgan fingerprint density at radius 3 is 2.88 bits per heavy atom. The van der Waals surface area contributed by atoms with Gasteiger partial charge in [-0.15, -0.1) is 0 Å². The van der Waals surface area contributed by atoms with Crippen LogP contribution in [-0.4, -0.2) is 47.4 Å². The SMILES string of the molecule is Cn1cncc1C(CN)NN1CCOCC1. The number of nitrogens with two attached hydrogens (primary N) is 1. The van der Waals surface area contributed by atoms with E-state index in [-0.39, 0.29) is 6.04 Å². The van der Waals surface area contributed by atoms with Gasteiger partial charge in [-0.25, -0.2) is 15.4 Å². The van der Waals surface area contributed by atoms with E-state index in [1.165, 1.54) is 0 Å². The Balaban J connectivity index is 1.97. The summed E-state index contributed by atoms with van der Waals surface area (Å²) < 4.78 is 7.29. The predicted octanol–water partition coefficient (Wildman–Crippen LogP) is -0.743. The molecule has 0 spiro atoms. The largest absolute Gasteiger partial charge is 0.379 e. The van der Waals surface area contributed by atoms with E-state index in [1.807, 2.05) is 17.8 Å². The molecule has 0 bridgehead atoms. The number of aryl methyl sites for hydroxylation is 1. The molecule has 1 aromatic heterocycles. The summed E-state index contributed by atoms with van der Waals surface area (Å²) in [4.78, 5) is 4.11. The van der Waals surface area contributed by atoms with Crippen molar-refractivity contribution in [3.05, 3.63) is 18.2 Å². The van der Waals surface area contributed by atoms with Crippen LogP contribution in [-0.2, 0) is 11.8 Å². The minimum Gasteiger partial charge on any atom is -0.379 e. The van der Waals surface area contributed by atoms with Crippen molar-refractivity contribution < 1.29 is 4.74 Å². The number of imidazole rings is 1. The Morgan fingerprint density at radius 1 is 1.56 bits per heavy atom. The van der Waals surface area contributed by atoms with E-state index < -0.39 is 0 Å². The van der Waals surface area contributed by atoms with E-state index in [4.69, 9.17) is 10.5 Å². The molecule has 0 amide bonds. The lowest BCUT2D eigenvalue weighted by atomic mass is 10.2. The molecule has 1 unspecified atom stereocenters. The van der Waals surface area contributed by atoms with Gasteiger partial charge in [-0.2, -0.15) is 0 Å². The number of rotatable bonds is 4. The van der Waals surface area contributed by atoms with E-state index in [2.05, 4.69) is 15.4 Å². The van der Waals surface area contributed by atoms with Gasteiger partial charge in [0.15, 0.2) is 0 Å². The van der Waals surface area contributed by atoms with Crippen LogP contribution in [0.15, 0.2) is 12.5 Å². The number of ether oxygens (including phenoxy) is 1. The van der Waals surface area contributed by atoms with Gasteiger partial charge < -0.3 is 15.0 Å². The zero-order valence-electron chi connectivity index (χ0n) is 9.59. The Hall–Kier alpha value is -0.950. The fourth-order valence-electron chi connectivity index (χ4n) is 1.86. The van der Waals surface area contributed by atoms with Crippen molar-refractivity contribution in [1.82, 2.24) is 20.0 Å². The highest BCUT2D eigenvalue weighted by molar-refractivity contribution is 5.05. The topological polar surface area (TPSA) is 68.3 Å². The van der Waals surface area contributed by atoms with Crippen LogP contribution in [0.3, 0.4) is 0 Å². The van der Waals surface area contributed by atoms with Crippen LogP contribution < -0.4 is 11.2 Å². The van der Waals surface area contributed by atoms with Crippen molar-refractivity contribution in [3.8, 4) is 0 Å². The van der Waals surface area contributed by atoms with Crippen molar-refractivity contribution in [3.63, 3.8) is 0 Å². The van der Waals surface area contributed by atoms with E-state index in [0.29, 0.717) is 6.54 Å². The predicted molar refractivity (Wildman–Crippen MR) is 60.5 cm³/mol. The molecule has 0 aliphatic carbocycles. The third kappa shape index (κ3) is 2.59. The van der Waals surface area contributed by atoms with Crippen LogP contribution in [0.2, 0.25) is 0 Å². The second-order valence-electron chi connectivity index (χ2n) is 3.95. The highest BCUT2D eigenvalue weighted by Gasteiger charge is 2.18. The van der Waals surface area contributed by atoms with Crippen LogP contribution in [0.1, 0.15) is 11.7 Å². The average molecular weight is 225 g/mol. The van der Waals surface area contributed by atoms with Crippen molar-refractivity contribution in [1.29, 1.82) is 0 Å². The van der Waals surface area contributed by atoms with Gasteiger partial charge >= 0.3 is 0 Å². The highest BCUT2D eigenvalue weighted by Crippen LogP contribution is 2.11. The Labute approximate surface area is 95.4 Å². The lowest BCUT2D eigenvalue weighted by molar-refractivity contribution is 0.00350. The maximum absolute atomic E-state index is 5.79. The van der Waals surface area contributed by atoms with Gasteiger partial charge in [0.25, 0.3) is 0 Å². The van der Waals surface area contributed by atoms with E-state index in [1.54, 1.807) is 6.33 Å². The number of hydrogen-bond donors (Lipinski definition) is 2. The van der Waals surface area contributed by atoms with Crippen molar-refractivity contribution in [2.24, 2.45) is 12.8 Å². The molecule has 3 N–H and O–H groups in total. The smallest absolute Gasteiger partial charge is 0.0946 e. The van der Waals surface area contributed by atoms with Gasteiger partial charge in [0.2, 0.25) is 0 Å². The van der Waals surface area contributed by atoms with Crippen molar-refractivity contribution in [2.75, 3.05) is 32.8 Å². The third-order valence-electron chi connectivity index (χ3n) is 2.80. The molecule has 2 heterocycles. The molecule has 0 aromatic carbocycles. The fraction of sp³-hybridized carbons (Fsp3) is 0.700. The number of morpholine rings is 1. The molecular formula is C10H19N5O. The summed E-state index contributed by atoms with van der Waals surface area (Å²) in [7, 11) is 1.98. The molecule has 1 fully saturated rings. The van der Waals surface area contributed by atoms with E-state index in [9.17, 15) is 0 Å². The van der Waals surface area contributed by atoms with Crippen LogP contribution in [0.25, 0.3) is 0 Å². The van der Waals surface area contributed by atoms with E-state index in [0.717, 1.165) is 32.0 Å². The monoisotopic (exact) mass is 225 g/mol. The fourth-order valence-corrected chi connectivity index (χ4v) is 1.86.